The average Bonchev–Trinajstić information content (AvgIpc) is 2.74. The van der Waals surface area contributed by atoms with Crippen LogP contribution in [0.25, 0.3) is 11.3 Å². The lowest BCUT2D eigenvalue weighted by atomic mass is 9.86. The van der Waals surface area contributed by atoms with E-state index < -0.39 is 0 Å². The molecule has 3 nitrogen and oxygen atoms in total. The molecule has 0 spiro atoms. The number of rotatable bonds is 5. The van der Waals surface area contributed by atoms with Crippen LogP contribution in [0.4, 0.5) is 0 Å². The van der Waals surface area contributed by atoms with Crippen LogP contribution >= 0.6 is 23.2 Å². The van der Waals surface area contributed by atoms with Gasteiger partial charge < -0.3 is 0 Å². The van der Waals surface area contributed by atoms with Gasteiger partial charge in [-0.15, -0.1) is 0 Å². The Morgan fingerprint density at radius 3 is 2.36 bits per heavy atom. The summed E-state index contributed by atoms with van der Waals surface area (Å²) in [5.41, 5.74) is 4.92. The van der Waals surface area contributed by atoms with Crippen molar-refractivity contribution in [2.75, 3.05) is 0 Å². The van der Waals surface area contributed by atoms with Gasteiger partial charge in [0.1, 0.15) is 5.15 Å². The molecule has 1 aromatic carbocycles. The van der Waals surface area contributed by atoms with E-state index in [1.54, 1.807) is 18.6 Å². The Kier molecular flexibility index (Phi) is 5.65. The molecule has 1 unspecified atom stereocenters. The third-order valence-corrected chi connectivity index (χ3v) is 5.34. The Hall–Kier alpha value is -2.75. The summed E-state index contributed by atoms with van der Waals surface area (Å²) >= 11 is 12.9. The fourth-order valence-electron chi connectivity index (χ4n) is 3.37. The number of hydrogen-bond donors (Lipinski definition) is 0. The molecule has 138 valence electrons. The minimum atomic E-state index is 0.000313. The van der Waals surface area contributed by atoms with Crippen LogP contribution in [0.5, 0.6) is 0 Å². The van der Waals surface area contributed by atoms with Gasteiger partial charge in [0.2, 0.25) is 0 Å². The zero-order valence-electron chi connectivity index (χ0n) is 15.0. The summed E-state index contributed by atoms with van der Waals surface area (Å²) in [6, 6.07) is 19.7. The van der Waals surface area contributed by atoms with E-state index in [2.05, 4.69) is 27.1 Å². The molecule has 0 aliphatic rings. The summed E-state index contributed by atoms with van der Waals surface area (Å²) in [5.74, 6) is 0.000313. The highest BCUT2D eigenvalue weighted by Gasteiger charge is 2.21. The summed E-state index contributed by atoms with van der Waals surface area (Å²) < 4.78 is 0. The van der Waals surface area contributed by atoms with Gasteiger partial charge >= 0.3 is 0 Å². The number of pyridine rings is 3. The third kappa shape index (κ3) is 3.91. The van der Waals surface area contributed by atoms with Crippen molar-refractivity contribution in [1.82, 2.24) is 15.0 Å². The molecular weight excluding hydrogens is 389 g/mol. The predicted molar refractivity (Wildman–Crippen MR) is 114 cm³/mol. The van der Waals surface area contributed by atoms with E-state index in [1.807, 2.05) is 54.7 Å². The SMILES string of the molecule is Clc1ccccc1-c1ncccc1CC(c1cccnc1)c1cccnc1Cl. The van der Waals surface area contributed by atoms with Gasteiger partial charge in [0.25, 0.3) is 0 Å². The lowest BCUT2D eigenvalue weighted by Gasteiger charge is -2.20. The van der Waals surface area contributed by atoms with Crippen LogP contribution in [-0.2, 0) is 6.42 Å². The Morgan fingerprint density at radius 2 is 1.57 bits per heavy atom. The highest BCUT2D eigenvalue weighted by molar-refractivity contribution is 6.33. The highest BCUT2D eigenvalue weighted by Crippen LogP contribution is 2.35. The number of nitrogens with zero attached hydrogens (tertiary/aromatic N) is 3. The number of benzene rings is 1. The largest absolute Gasteiger partial charge is 0.264 e. The summed E-state index contributed by atoms with van der Waals surface area (Å²) in [6.45, 7) is 0. The fourth-order valence-corrected chi connectivity index (χ4v) is 3.84. The quantitative estimate of drug-likeness (QED) is 0.369. The summed E-state index contributed by atoms with van der Waals surface area (Å²) in [7, 11) is 0. The second kappa shape index (κ2) is 8.51. The maximum atomic E-state index is 6.45. The second-order valence-electron chi connectivity index (χ2n) is 6.42. The first-order valence-corrected chi connectivity index (χ1v) is 9.69. The van der Waals surface area contributed by atoms with Crippen LogP contribution < -0.4 is 0 Å². The molecule has 0 amide bonds. The van der Waals surface area contributed by atoms with Gasteiger partial charge in [-0.3, -0.25) is 9.97 Å². The van der Waals surface area contributed by atoms with E-state index in [-0.39, 0.29) is 5.92 Å². The van der Waals surface area contributed by atoms with Crippen LogP contribution in [0.2, 0.25) is 10.2 Å². The molecule has 0 bridgehead atoms. The molecular formula is C23H17Cl2N3. The Balaban J connectivity index is 1.81. The summed E-state index contributed by atoms with van der Waals surface area (Å²) in [4.78, 5) is 13.2. The molecule has 1 atom stereocenters. The average molecular weight is 406 g/mol. The molecule has 4 rings (SSSR count). The molecule has 0 N–H and O–H groups in total. The Bertz CT molecular complexity index is 1080. The lowest BCUT2D eigenvalue weighted by molar-refractivity contribution is 0.793. The van der Waals surface area contributed by atoms with Gasteiger partial charge in [0.05, 0.1) is 5.69 Å². The van der Waals surface area contributed by atoms with Crippen LogP contribution in [0.1, 0.15) is 22.6 Å². The maximum Gasteiger partial charge on any atom is 0.132 e. The van der Waals surface area contributed by atoms with Crippen molar-refractivity contribution in [2.45, 2.75) is 12.3 Å². The Morgan fingerprint density at radius 1 is 0.786 bits per heavy atom. The van der Waals surface area contributed by atoms with E-state index in [0.29, 0.717) is 16.6 Å². The first kappa shape index (κ1) is 18.6. The van der Waals surface area contributed by atoms with E-state index >= 15 is 0 Å². The van der Waals surface area contributed by atoms with Gasteiger partial charge in [0.15, 0.2) is 0 Å². The zero-order valence-corrected chi connectivity index (χ0v) is 16.5. The van der Waals surface area contributed by atoms with Crippen molar-refractivity contribution in [1.29, 1.82) is 0 Å². The van der Waals surface area contributed by atoms with E-state index in [1.165, 1.54) is 0 Å². The van der Waals surface area contributed by atoms with E-state index in [0.717, 1.165) is 27.9 Å². The molecule has 28 heavy (non-hydrogen) atoms. The molecule has 0 aliphatic heterocycles. The van der Waals surface area contributed by atoms with Gasteiger partial charge in [-0.2, -0.15) is 0 Å². The number of aromatic nitrogens is 3. The standard InChI is InChI=1S/C23H17Cl2N3/c24-21-10-2-1-8-19(21)22-16(6-4-12-27-22)14-20(17-7-3-11-26-15-17)18-9-5-13-28-23(18)25/h1-13,15,20H,14H2. The molecule has 5 heteroatoms. The molecule has 3 aromatic heterocycles. The molecule has 0 aliphatic carbocycles. The third-order valence-electron chi connectivity index (χ3n) is 4.69. The minimum absolute atomic E-state index is 0.000313. The first-order valence-electron chi connectivity index (χ1n) is 8.93. The van der Waals surface area contributed by atoms with Gasteiger partial charge in [0, 0.05) is 41.3 Å². The van der Waals surface area contributed by atoms with Crippen molar-refractivity contribution < 1.29 is 0 Å². The monoisotopic (exact) mass is 405 g/mol. The molecule has 0 saturated carbocycles. The maximum absolute atomic E-state index is 6.45. The molecule has 0 radical (unpaired) electrons. The zero-order chi connectivity index (χ0) is 19.3. The molecule has 3 heterocycles. The normalized spacial score (nSPS) is 11.9. The Labute approximate surface area is 174 Å². The van der Waals surface area contributed by atoms with Crippen molar-refractivity contribution in [3.63, 3.8) is 0 Å². The van der Waals surface area contributed by atoms with Gasteiger partial charge in [-0.25, -0.2) is 4.98 Å². The van der Waals surface area contributed by atoms with Crippen molar-refractivity contribution in [2.24, 2.45) is 0 Å². The van der Waals surface area contributed by atoms with E-state index in [9.17, 15) is 0 Å². The van der Waals surface area contributed by atoms with Crippen molar-refractivity contribution in [3.05, 3.63) is 112 Å². The van der Waals surface area contributed by atoms with Crippen LogP contribution in [0.3, 0.4) is 0 Å². The molecule has 0 fully saturated rings. The van der Waals surface area contributed by atoms with Crippen LogP contribution in [0.15, 0.2) is 85.5 Å². The van der Waals surface area contributed by atoms with Gasteiger partial charge in [-0.05, 0) is 47.4 Å². The van der Waals surface area contributed by atoms with Crippen molar-refractivity contribution >= 4 is 23.2 Å². The van der Waals surface area contributed by atoms with E-state index in [4.69, 9.17) is 23.2 Å². The fraction of sp³-hybridized carbons (Fsp3) is 0.0870. The highest BCUT2D eigenvalue weighted by atomic mass is 35.5. The summed E-state index contributed by atoms with van der Waals surface area (Å²) in [5, 5.41) is 1.18. The smallest absolute Gasteiger partial charge is 0.132 e. The second-order valence-corrected chi connectivity index (χ2v) is 7.18. The van der Waals surface area contributed by atoms with Gasteiger partial charge in [-0.1, -0.05) is 59.6 Å². The number of hydrogen-bond acceptors (Lipinski definition) is 3. The summed E-state index contributed by atoms with van der Waals surface area (Å²) in [6.07, 6.45) is 7.83. The van der Waals surface area contributed by atoms with Crippen LogP contribution in [0, 0.1) is 0 Å². The topological polar surface area (TPSA) is 38.7 Å². The predicted octanol–water partition coefficient (Wildman–Crippen LogP) is 6.22. The minimum Gasteiger partial charge on any atom is -0.264 e. The van der Waals surface area contributed by atoms with Crippen LogP contribution in [-0.4, -0.2) is 15.0 Å². The molecule has 4 aromatic rings. The lowest BCUT2D eigenvalue weighted by Crippen LogP contribution is -2.08. The number of halogens is 2. The molecule has 0 saturated heterocycles. The first-order chi connectivity index (χ1) is 13.7. The van der Waals surface area contributed by atoms with Crippen molar-refractivity contribution in [3.8, 4) is 11.3 Å².